The standard InChI is InChI=1S/C21H20ClN3O3/c1-3-24(17-10-15(22)8-9-19(17)27-2)20(26)12-25-21-14(11-23-25)13-28-18-7-5-4-6-16(18)21/h4-11H,3,12-13H2,1-2H3. The lowest BCUT2D eigenvalue weighted by atomic mass is 10.0. The molecule has 0 bridgehead atoms. The summed E-state index contributed by atoms with van der Waals surface area (Å²) in [7, 11) is 1.58. The van der Waals surface area contributed by atoms with Crippen LogP contribution in [0.3, 0.4) is 0 Å². The van der Waals surface area contributed by atoms with Crippen LogP contribution >= 0.6 is 11.6 Å². The van der Waals surface area contributed by atoms with Crippen LogP contribution in [0.1, 0.15) is 12.5 Å². The molecule has 7 heteroatoms. The molecule has 1 aromatic heterocycles. The summed E-state index contributed by atoms with van der Waals surface area (Å²) >= 11 is 6.15. The quantitative estimate of drug-likeness (QED) is 0.648. The first-order valence-corrected chi connectivity index (χ1v) is 9.41. The van der Waals surface area contributed by atoms with Gasteiger partial charge in [-0.1, -0.05) is 23.7 Å². The summed E-state index contributed by atoms with van der Waals surface area (Å²) in [6.45, 7) is 2.95. The Bertz CT molecular complexity index is 1030. The van der Waals surface area contributed by atoms with Crippen LogP contribution < -0.4 is 14.4 Å². The van der Waals surface area contributed by atoms with Crippen molar-refractivity contribution < 1.29 is 14.3 Å². The number of fused-ring (bicyclic) bond motifs is 3. The van der Waals surface area contributed by atoms with Gasteiger partial charge in [-0.25, -0.2) is 0 Å². The fourth-order valence-electron chi connectivity index (χ4n) is 3.47. The van der Waals surface area contributed by atoms with Gasteiger partial charge in [0.05, 0.1) is 24.7 Å². The summed E-state index contributed by atoms with van der Waals surface area (Å²) in [5.41, 5.74) is 3.48. The van der Waals surface area contributed by atoms with Gasteiger partial charge in [0.2, 0.25) is 5.91 Å². The van der Waals surface area contributed by atoms with E-state index < -0.39 is 0 Å². The summed E-state index contributed by atoms with van der Waals surface area (Å²) in [4.78, 5) is 14.8. The topological polar surface area (TPSA) is 56.6 Å². The smallest absolute Gasteiger partial charge is 0.248 e. The highest BCUT2D eigenvalue weighted by Crippen LogP contribution is 2.37. The van der Waals surface area contributed by atoms with E-state index in [-0.39, 0.29) is 12.5 Å². The maximum absolute atomic E-state index is 13.2. The highest BCUT2D eigenvalue weighted by molar-refractivity contribution is 6.31. The summed E-state index contributed by atoms with van der Waals surface area (Å²) in [6.07, 6.45) is 1.76. The molecule has 144 valence electrons. The molecule has 0 unspecified atom stereocenters. The lowest BCUT2D eigenvalue weighted by Crippen LogP contribution is -2.34. The van der Waals surface area contributed by atoms with Crippen LogP contribution in [0, 0.1) is 0 Å². The van der Waals surface area contributed by atoms with Crippen LogP contribution in [0.4, 0.5) is 5.69 Å². The van der Waals surface area contributed by atoms with Gasteiger partial charge in [-0.3, -0.25) is 9.48 Å². The van der Waals surface area contributed by atoms with Crippen molar-refractivity contribution in [1.29, 1.82) is 0 Å². The fourth-order valence-corrected chi connectivity index (χ4v) is 3.64. The summed E-state index contributed by atoms with van der Waals surface area (Å²) < 4.78 is 12.9. The first-order valence-electron chi connectivity index (χ1n) is 9.03. The van der Waals surface area contributed by atoms with Crippen LogP contribution in [-0.4, -0.2) is 29.3 Å². The predicted octanol–water partition coefficient (Wildman–Crippen LogP) is 4.16. The Morgan fingerprint density at radius 1 is 1.32 bits per heavy atom. The zero-order chi connectivity index (χ0) is 19.7. The van der Waals surface area contributed by atoms with Crippen LogP contribution in [0.25, 0.3) is 11.3 Å². The van der Waals surface area contributed by atoms with Crippen molar-refractivity contribution >= 4 is 23.2 Å². The maximum atomic E-state index is 13.2. The molecular formula is C21H20ClN3O3. The average molecular weight is 398 g/mol. The molecule has 0 spiro atoms. The largest absolute Gasteiger partial charge is 0.495 e. The molecule has 0 aliphatic carbocycles. The molecule has 1 aliphatic heterocycles. The minimum Gasteiger partial charge on any atom is -0.495 e. The number of carbonyl (C=O) groups excluding carboxylic acids is 1. The number of hydrogen-bond donors (Lipinski definition) is 0. The molecule has 1 aliphatic rings. The first-order chi connectivity index (χ1) is 13.6. The number of aromatic nitrogens is 2. The van der Waals surface area contributed by atoms with Gasteiger partial charge in [0.1, 0.15) is 24.7 Å². The second-order valence-electron chi connectivity index (χ2n) is 6.42. The molecule has 4 rings (SSSR count). The number of para-hydroxylation sites is 1. The van der Waals surface area contributed by atoms with E-state index >= 15 is 0 Å². The third-order valence-electron chi connectivity index (χ3n) is 4.77. The van der Waals surface area contributed by atoms with E-state index in [0.717, 1.165) is 22.6 Å². The number of ether oxygens (including phenoxy) is 2. The Morgan fingerprint density at radius 3 is 2.93 bits per heavy atom. The Morgan fingerprint density at radius 2 is 2.14 bits per heavy atom. The van der Waals surface area contributed by atoms with E-state index in [1.807, 2.05) is 31.2 Å². The molecule has 0 atom stereocenters. The fraction of sp³-hybridized carbons (Fsp3) is 0.238. The van der Waals surface area contributed by atoms with Crippen molar-refractivity contribution in [2.75, 3.05) is 18.6 Å². The zero-order valence-electron chi connectivity index (χ0n) is 15.7. The number of rotatable bonds is 5. The van der Waals surface area contributed by atoms with Gasteiger partial charge in [-0.2, -0.15) is 5.10 Å². The molecule has 2 aromatic carbocycles. The number of anilines is 1. The maximum Gasteiger partial charge on any atom is 0.248 e. The third-order valence-corrected chi connectivity index (χ3v) is 5.01. The lowest BCUT2D eigenvalue weighted by Gasteiger charge is -2.24. The van der Waals surface area contributed by atoms with E-state index in [4.69, 9.17) is 21.1 Å². The number of amides is 1. The number of hydrogen-bond acceptors (Lipinski definition) is 4. The Hall–Kier alpha value is -2.99. The first kappa shape index (κ1) is 18.4. The highest BCUT2D eigenvalue weighted by atomic mass is 35.5. The predicted molar refractivity (Wildman–Crippen MR) is 108 cm³/mol. The van der Waals surface area contributed by atoms with Gasteiger partial charge in [-0.05, 0) is 37.3 Å². The average Bonchev–Trinajstić information content (AvgIpc) is 3.12. The molecule has 28 heavy (non-hydrogen) atoms. The van der Waals surface area contributed by atoms with Gasteiger partial charge in [0.25, 0.3) is 0 Å². The normalized spacial score (nSPS) is 12.0. The molecule has 2 heterocycles. The monoisotopic (exact) mass is 397 g/mol. The molecule has 0 radical (unpaired) electrons. The van der Waals surface area contributed by atoms with Crippen molar-refractivity contribution in [1.82, 2.24) is 9.78 Å². The molecule has 1 amide bonds. The highest BCUT2D eigenvalue weighted by Gasteiger charge is 2.25. The molecule has 0 N–H and O–H groups in total. The number of nitrogens with zero attached hydrogens (tertiary/aromatic N) is 3. The Kier molecular flexibility index (Phi) is 4.96. The van der Waals surface area contributed by atoms with Crippen molar-refractivity contribution in [2.24, 2.45) is 0 Å². The molecule has 6 nitrogen and oxygen atoms in total. The second-order valence-corrected chi connectivity index (χ2v) is 6.85. The minimum absolute atomic E-state index is 0.0991. The number of methoxy groups -OCH3 is 1. The summed E-state index contributed by atoms with van der Waals surface area (Å²) in [6, 6.07) is 13.0. The Balaban J connectivity index is 1.67. The van der Waals surface area contributed by atoms with Crippen LogP contribution in [0.15, 0.2) is 48.7 Å². The van der Waals surface area contributed by atoms with E-state index in [2.05, 4.69) is 5.10 Å². The van der Waals surface area contributed by atoms with Gasteiger partial charge in [0, 0.05) is 22.7 Å². The van der Waals surface area contributed by atoms with E-state index in [1.54, 1.807) is 41.1 Å². The minimum atomic E-state index is -0.0991. The molecule has 0 saturated heterocycles. The van der Waals surface area contributed by atoms with E-state index in [9.17, 15) is 4.79 Å². The van der Waals surface area contributed by atoms with Crippen molar-refractivity contribution in [3.8, 4) is 22.8 Å². The molecule has 0 fully saturated rings. The molecular weight excluding hydrogens is 378 g/mol. The summed E-state index contributed by atoms with van der Waals surface area (Å²) in [5.74, 6) is 1.30. The number of benzene rings is 2. The van der Waals surface area contributed by atoms with Crippen LogP contribution in [0.2, 0.25) is 5.02 Å². The summed E-state index contributed by atoms with van der Waals surface area (Å²) in [5, 5.41) is 4.98. The van der Waals surface area contributed by atoms with Gasteiger partial charge in [-0.15, -0.1) is 0 Å². The van der Waals surface area contributed by atoms with Gasteiger partial charge in [0.15, 0.2) is 0 Å². The zero-order valence-corrected chi connectivity index (χ0v) is 16.4. The number of halogens is 1. The van der Waals surface area contributed by atoms with Crippen LogP contribution in [-0.2, 0) is 17.9 Å². The van der Waals surface area contributed by atoms with Crippen molar-refractivity contribution in [3.05, 3.63) is 59.2 Å². The van der Waals surface area contributed by atoms with Crippen molar-refractivity contribution in [2.45, 2.75) is 20.1 Å². The molecule has 3 aromatic rings. The third kappa shape index (κ3) is 3.20. The van der Waals surface area contributed by atoms with Gasteiger partial charge >= 0.3 is 0 Å². The van der Waals surface area contributed by atoms with Crippen molar-refractivity contribution in [3.63, 3.8) is 0 Å². The second kappa shape index (κ2) is 7.56. The van der Waals surface area contributed by atoms with Gasteiger partial charge < -0.3 is 14.4 Å². The molecule has 0 saturated carbocycles. The SMILES string of the molecule is CCN(C(=O)Cn1ncc2c1-c1ccccc1OC2)c1cc(Cl)ccc1OC. The number of likely N-dealkylation sites (N-methyl/N-ethyl adjacent to an activating group) is 1. The van der Waals surface area contributed by atoms with E-state index in [1.165, 1.54) is 0 Å². The Labute approximate surface area is 168 Å². The number of carbonyl (C=O) groups is 1. The van der Waals surface area contributed by atoms with E-state index in [0.29, 0.717) is 29.6 Å². The lowest BCUT2D eigenvalue weighted by molar-refractivity contribution is -0.119. The van der Waals surface area contributed by atoms with Crippen LogP contribution in [0.5, 0.6) is 11.5 Å².